The zero-order valence-corrected chi connectivity index (χ0v) is 12.7. The first-order chi connectivity index (χ1) is 10.5. The molecule has 0 saturated heterocycles. The lowest BCUT2D eigenvalue weighted by molar-refractivity contribution is 0.444. The minimum absolute atomic E-state index is 0.290. The van der Waals surface area contributed by atoms with Gasteiger partial charge < -0.3 is 9.64 Å². The summed E-state index contributed by atoms with van der Waals surface area (Å²) in [6.07, 6.45) is 1.55. The van der Waals surface area contributed by atoms with Gasteiger partial charge in [0.25, 0.3) is 0 Å². The summed E-state index contributed by atoms with van der Waals surface area (Å²) in [6.45, 7) is 1.85. The minimum atomic E-state index is -0.290. The average Bonchev–Trinajstić information content (AvgIpc) is 2.50. The second-order valence-corrected chi connectivity index (χ2v) is 4.95. The van der Waals surface area contributed by atoms with E-state index in [2.05, 4.69) is 4.98 Å². The number of pyridine rings is 1. The summed E-state index contributed by atoms with van der Waals surface area (Å²) in [5, 5.41) is 8.90. The molecule has 2 aromatic rings. The molecule has 0 spiro atoms. The molecular formula is C17H16FN3O. The molecule has 0 fully saturated rings. The van der Waals surface area contributed by atoms with Gasteiger partial charge in [0.2, 0.25) is 5.88 Å². The number of benzene rings is 1. The van der Waals surface area contributed by atoms with Gasteiger partial charge in [-0.15, -0.1) is 0 Å². The molecule has 0 radical (unpaired) electrons. The smallest absolute Gasteiger partial charge is 0.222 e. The van der Waals surface area contributed by atoms with Crippen LogP contribution in [0.5, 0.6) is 5.88 Å². The largest absolute Gasteiger partial charge is 0.444 e. The Balaban J connectivity index is 2.32. The molecule has 1 heterocycles. The van der Waals surface area contributed by atoms with E-state index < -0.39 is 0 Å². The van der Waals surface area contributed by atoms with Crippen molar-refractivity contribution in [1.82, 2.24) is 9.88 Å². The van der Waals surface area contributed by atoms with Crippen LogP contribution in [0.1, 0.15) is 16.8 Å². The van der Waals surface area contributed by atoms with Gasteiger partial charge in [-0.05, 0) is 37.3 Å². The maximum atomic E-state index is 13.0. The molecule has 22 heavy (non-hydrogen) atoms. The monoisotopic (exact) mass is 297 g/mol. The Hall–Kier alpha value is -2.87. The van der Waals surface area contributed by atoms with Crippen LogP contribution < -0.4 is 4.74 Å². The third kappa shape index (κ3) is 3.61. The van der Waals surface area contributed by atoms with Crippen LogP contribution in [0.3, 0.4) is 0 Å². The fourth-order valence-electron chi connectivity index (χ4n) is 1.86. The lowest BCUT2D eigenvalue weighted by Gasteiger charge is -2.17. The summed E-state index contributed by atoms with van der Waals surface area (Å²) in [6, 6.07) is 11.5. The van der Waals surface area contributed by atoms with Gasteiger partial charge in [0.15, 0.2) is 0 Å². The van der Waals surface area contributed by atoms with Crippen LogP contribution in [-0.4, -0.2) is 24.0 Å². The van der Waals surface area contributed by atoms with Crippen molar-refractivity contribution in [1.29, 1.82) is 5.26 Å². The number of aromatic nitrogens is 1. The Morgan fingerprint density at radius 3 is 2.50 bits per heavy atom. The van der Waals surface area contributed by atoms with Gasteiger partial charge in [0, 0.05) is 25.2 Å². The van der Waals surface area contributed by atoms with Crippen molar-refractivity contribution in [3.05, 3.63) is 65.3 Å². The van der Waals surface area contributed by atoms with Crippen molar-refractivity contribution in [2.45, 2.75) is 6.92 Å². The van der Waals surface area contributed by atoms with Gasteiger partial charge in [0.1, 0.15) is 23.8 Å². The second-order valence-electron chi connectivity index (χ2n) is 4.95. The van der Waals surface area contributed by atoms with Crippen LogP contribution in [0.2, 0.25) is 0 Å². The Morgan fingerprint density at radius 1 is 1.23 bits per heavy atom. The van der Waals surface area contributed by atoms with E-state index in [1.54, 1.807) is 30.5 Å². The first kappa shape index (κ1) is 15.5. The van der Waals surface area contributed by atoms with E-state index in [0.29, 0.717) is 11.6 Å². The highest BCUT2D eigenvalue weighted by atomic mass is 19.1. The maximum absolute atomic E-state index is 13.0. The number of nitrogens with zero attached hydrogens (tertiary/aromatic N) is 3. The van der Waals surface area contributed by atoms with Crippen molar-refractivity contribution >= 4 is 5.70 Å². The predicted molar refractivity (Wildman–Crippen MR) is 82.4 cm³/mol. The summed E-state index contributed by atoms with van der Waals surface area (Å²) in [5.41, 5.74) is 2.71. The third-order valence-corrected chi connectivity index (χ3v) is 3.07. The average molecular weight is 297 g/mol. The minimum Gasteiger partial charge on any atom is -0.444 e. The first-order valence-corrected chi connectivity index (χ1v) is 6.69. The number of rotatable bonds is 4. The molecule has 0 atom stereocenters. The molecule has 0 amide bonds. The fraction of sp³-hybridized carbons (Fsp3) is 0.176. The molecule has 0 aliphatic carbocycles. The third-order valence-electron chi connectivity index (χ3n) is 3.07. The van der Waals surface area contributed by atoms with Gasteiger partial charge in [-0.3, -0.25) is 0 Å². The summed E-state index contributed by atoms with van der Waals surface area (Å²) >= 11 is 0. The fourth-order valence-corrected chi connectivity index (χ4v) is 1.86. The standard InChI is InChI=1S/C17H16FN3O/c1-12-4-9-15(10-19)20-17(12)22-11-16(21(2)3)13-5-7-14(18)8-6-13/h4-9,11H,1-3H3. The molecule has 5 heteroatoms. The number of nitriles is 1. The van der Waals surface area contributed by atoms with Crippen LogP contribution in [0.15, 0.2) is 42.7 Å². The molecule has 1 aromatic carbocycles. The van der Waals surface area contributed by atoms with Crippen LogP contribution >= 0.6 is 0 Å². The van der Waals surface area contributed by atoms with E-state index >= 15 is 0 Å². The van der Waals surface area contributed by atoms with E-state index in [1.165, 1.54) is 12.1 Å². The topological polar surface area (TPSA) is 49.1 Å². The Bertz CT molecular complexity index is 731. The highest BCUT2D eigenvalue weighted by Crippen LogP contribution is 2.20. The molecule has 0 N–H and O–H groups in total. The normalized spacial score (nSPS) is 11.0. The van der Waals surface area contributed by atoms with Gasteiger partial charge >= 0.3 is 0 Å². The lowest BCUT2D eigenvalue weighted by atomic mass is 10.1. The number of hydrogen-bond acceptors (Lipinski definition) is 4. The molecule has 112 valence electrons. The van der Waals surface area contributed by atoms with E-state index in [4.69, 9.17) is 10.00 Å². The van der Waals surface area contributed by atoms with E-state index in [-0.39, 0.29) is 5.82 Å². The van der Waals surface area contributed by atoms with Gasteiger partial charge in [-0.2, -0.15) is 5.26 Å². The van der Waals surface area contributed by atoms with Crippen LogP contribution in [0, 0.1) is 24.1 Å². The van der Waals surface area contributed by atoms with Crippen LogP contribution in [-0.2, 0) is 0 Å². The van der Waals surface area contributed by atoms with E-state index in [0.717, 1.165) is 16.8 Å². The van der Waals surface area contributed by atoms with Crippen LogP contribution in [0.25, 0.3) is 5.70 Å². The Kier molecular flexibility index (Phi) is 4.74. The summed E-state index contributed by atoms with van der Waals surface area (Å²) < 4.78 is 18.7. The molecule has 1 aromatic heterocycles. The Labute approximate surface area is 129 Å². The molecular weight excluding hydrogens is 281 g/mol. The molecule has 2 rings (SSSR count). The van der Waals surface area contributed by atoms with Crippen molar-refractivity contribution < 1.29 is 9.13 Å². The summed E-state index contributed by atoms with van der Waals surface area (Å²) in [5.74, 6) is 0.0857. The number of aryl methyl sites for hydroxylation is 1. The van der Waals surface area contributed by atoms with Crippen molar-refractivity contribution in [3.8, 4) is 11.9 Å². The predicted octanol–water partition coefficient (Wildman–Crippen LogP) is 3.34. The van der Waals surface area contributed by atoms with E-state index in [1.807, 2.05) is 32.0 Å². The SMILES string of the molecule is Cc1ccc(C#N)nc1OC=C(c1ccc(F)cc1)N(C)C. The van der Waals surface area contributed by atoms with Crippen LogP contribution in [0.4, 0.5) is 4.39 Å². The quantitative estimate of drug-likeness (QED) is 0.812. The molecule has 0 saturated carbocycles. The zero-order chi connectivity index (χ0) is 16.1. The molecule has 0 unspecified atom stereocenters. The van der Waals surface area contributed by atoms with Crippen molar-refractivity contribution in [3.63, 3.8) is 0 Å². The maximum Gasteiger partial charge on any atom is 0.222 e. The molecule has 0 aliphatic rings. The molecule has 0 aliphatic heterocycles. The van der Waals surface area contributed by atoms with Gasteiger partial charge in [0.05, 0.1) is 5.70 Å². The first-order valence-electron chi connectivity index (χ1n) is 6.69. The highest BCUT2D eigenvalue weighted by molar-refractivity contribution is 5.63. The number of hydrogen-bond donors (Lipinski definition) is 0. The summed E-state index contributed by atoms with van der Waals surface area (Å²) in [7, 11) is 3.73. The van der Waals surface area contributed by atoms with Gasteiger partial charge in [-0.25, -0.2) is 9.37 Å². The number of ether oxygens (including phenoxy) is 1. The molecule has 4 nitrogen and oxygen atoms in total. The van der Waals surface area contributed by atoms with Crippen molar-refractivity contribution in [2.24, 2.45) is 0 Å². The molecule has 0 bridgehead atoms. The highest BCUT2D eigenvalue weighted by Gasteiger charge is 2.07. The van der Waals surface area contributed by atoms with Gasteiger partial charge in [-0.1, -0.05) is 6.07 Å². The van der Waals surface area contributed by atoms with Crippen molar-refractivity contribution in [2.75, 3.05) is 14.1 Å². The lowest BCUT2D eigenvalue weighted by Crippen LogP contribution is -2.11. The summed E-state index contributed by atoms with van der Waals surface area (Å²) in [4.78, 5) is 5.98. The number of halogens is 1. The van der Waals surface area contributed by atoms with E-state index in [9.17, 15) is 4.39 Å². The Morgan fingerprint density at radius 2 is 1.91 bits per heavy atom. The zero-order valence-electron chi connectivity index (χ0n) is 12.7. The second kappa shape index (κ2) is 6.72.